The fraction of sp³-hybridized carbons (Fsp3) is 0.444. The van der Waals surface area contributed by atoms with E-state index in [1.54, 1.807) is 11.4 Å². The lowest BCUT2D eigenvalue weighted by atomic mass is 9.96. The topological polar surface area (TPSA) is 42.4 Å². The number of aromatic nitrogens is 1. The first kappa shape index (κ1) is 17.0. The lowest BCUT2D eigenvalue weighted by Crippen LogP contribution is -2.57. The average Bonchev–Trinajstić information content (AvgIpc) is 2.98. The molecular weight excluding hydrogens is 327 g/mol. The number of halogens is 1. The summed E-state index contributed by atoms with van der Waals surface area (Å²) in [4.78, 5) is 19.1. The van der Waals surface area contributed by atoms with Crippen molar-refractivity contribution in [1.82, 2.24) is 9.88 Å². The second-order valence-corrected chi connectivity index (χ2v) is 7.50. The molecule has 1 unspecified atom stereocenters. The van der Waals surface area contributed by atoms with Crippen LogP contribution in [0.25, 0.3) is 0 Å². The lowest BCUT2D eigenvalue weighted by molar-refractivity contribution is -0.109. The fourth-order valence-electron chi connectivity index (χ4n) is 2.83. The molecule has 1 aromatic heterocycles. The molecule has 0 aliphatic carbocycles. The molecule has 2 heterocycles. The van der Waals surface area contributed by atoms with Crippen molar-refractivity contribution in [3.63, 3.8) is 0 Å². The fourth-order valence-corrected chi connectivity index (χ4v) is 3.64. The minimum Gasteiger partial charge on any atom is -0.372 e. The molecule has 4 nitrogen and oxygen atoms in total. The third kappa shape index (κ3) is 3.49. The monoisotopic (exact) mass is 348 g/mol. The summed E-state index contributed by atoms with van der Waals surface area (Å²) in [7, 11) is 0. The predicted molar refractivity (Wildman–Crippen MR) is 91.8 cm³/mol. The van der Waals surface area contributed by atoms with Crippen molar-refractivity contribution in [2.45, 2.75) is 38.8 Å². The molecule has 1 saturated heterocycles. The number of carbonyl (C=O) groups is 1. The van der Waals surface area contributed by atoms with E-state index in [9.17, 15) is 9.18 Å². The molecular formula is C18H21FN2O2S. The number of nitrogens with zero attached hydrogens (tertiary/aromatic N) is 2. The van der Waals surface area contributed by atoms with Gasteiger partial charge in [-0.2, -0.15) is 0 Å². The lowest BCUT2D eigenvalue weighted by Gasteiger charge is -2.44. The molecule has 2 aromatic rings. The van der Waals surface area contributed by atoms with Gasteiger partial charge in [-0.05, 0) is 38.5 Å². The van der Waals surface area contributed by atoms with Gasteiger partial charge in [0.1, 0.15) is 11.5 Å². The molecule has 1 fully saturated rings. The summed E-state index contributed by atoms with van der Waals surface area (Å²) in [5, 5.41) is 2.59. The first-order valence-electron chi connectivity index (χ1n) is 8.00. The van der Waals surface area contributed by atoms with Crippen molar-refractivity contribution in [2.24, 2.45) is 0 Å². The highest BCUT2D eigenvalue weighted by Crippen LogP contribution is 2.26. The molecule has 24 heavy (non-hydrogen) atoms. The van der Waals surface area contributed by atoms with Crippen molar-refractivity contribution < 1.29 is 13.9 Å². The van der Waals surface area contributed by atoms with Gasteiger partial charge in [0.2, 0.25) is 0 Å². The number of hydrogen-bond acceptors (Lipinski definition) is 4. The Morgan fingerprint density at radius 1 is 1.50 bits per heavy atom. The summed E-state index contributed by atoms with van der Waals surface area (Å²) in [6, 6.07) is 6.43. The van der Waals surface area contributed by atoms with Crippen LogP contribution in [0.5, 0.6) is 0 Å². The quantitative estimate of drug-likeness (QED) is 0.852. The van der Waals surface area contributed by atoms with Gasteiger partial charge in [-0.25, -0.2) is 9.37 Å². The molecule has 1 aliphatic rings. The van der Waals surface area contributed by atoms with Crippen molar-refractivity contribution in [3.05, 3.63) is 51.7 Å². The Morgan fingerprint density at radius 2 is 2.29 bits per heavy atom. The standard InChI is InChI=1S/C18H21FN2O2S/c1-12-18(2,3)23-8-7-21(12)17(22)15-11-24-16(20-15)10-13-5-4-6-14(19)9-13/h4-6,9,11-12H,7-8,10H2,1-3H3. The highest BCUT2D eigenvalue weighted by molar-refractivity contribution is 7.09. The number of hydrogen-bond donors (Lipinski definition) is 0. The minimum atomic E-state index is -0.367. The first-order valence-corrected chi connectivity index (χ1v) is 8.88. The molecule has 0 radical (unpaired) electrons. The summed E-state index contributed by atoms with van der Waals surface area (Å²) in [5.74, 6) is -0.328. The van der Waals surface area contributed by atoms with Crippen molar-refractivity contribution in [3.8, 4) is 0 Å². The molecule has 0 N–H and O–H groups in total. The van der Waals surface area contributed by atoms with E-state index in [0.717, 1.165) is 10.6 Å². The molecule has 0 saturated carbocycles. The van der Waals surface area contributed by atoms with Crippen LogP contribution in [0.1, 0.15) is 41.8 Å². The summed E-state index contributed by atoms with van der Waals surface area (Å²) in [6.07, 6.45) is 0.528. The van der Waals surface area contributed by atoms with Crippen LogP contribution in [0.15, 0.2) is 29.6 Å². The van der Waals surface area contributed by atoms with Crippen LogP contribution in [0.2, 0.25) is 0 Å². The Kier molecular flexibility index (Phi) is 4.69. The molecule has 1 amide bonds. The van der Waals surface area contributed by atoms with Gasteiger partial charge in [-0.1, -0.05) is 12.1 Å². The molecule has 0 spiro atoms. The van der Waals surface area contributed by atoms with Gasteiger partial charge in [0.05, 0.1) is 23.3 Å². The highest BCUT2D eigenvalue weighted by Gasteiger charge is 2.38. The number of morpholine rings is 1. The third-order valence-electron chi connectivity index (χ3n) is 4.56. The van der Waals surface area contributed by atoms with Gasteiger partial charge in [-0.15, -0.1) is 11.3 Å². The number of benzene rings is 1. The smallest absolute Gasteiger partial charge is 0.273 e. The van der Waals surface area contributed by atoms with E-state index in [1.807, 2.05) is 31.7 Å². The van der Waals surface area contributed by atoms with Gasteiger partial charge < -0.3 is 9.64 Å². The molecule has 1 aromatic carbocycles. The van der Waals surface area contributed by atoms with Crippen LogP contribution < -0.4 is 0 Å². The average molecular weight is 348 g/mol. The van der Waals surface area contributed by atoms with Crippen LogP contribution in [0.4, 0.5) is 4.39 Å². The van der Waals surface area contributed by atoms with E-state index < -0.39 is 0 Å². The molecule has 1 aliphatic heterocycles. The molecule has 3 rings (SSSR count). The Hall–Kier alpha value is -1.79. The Labute approximate surface area is 145 Å². The number of amides is 1. The normalized spacial score (nSPS) is 20.2. The minimum absolute atomic E-state index is 0.0212. The largest absolute Gasteiger partial charge is 0.372 e. The van der Waals surface area contributed by atoms with Crippen LogP contribution in [0, 0.1) is 5.82 Å². The summed E-state index contributed by atoms with van der Waals surface area (Å²) < 4.78 is 19.0. The van der Waals surface area contributed by atoms with Crippen LogP contribution in [0.3, 0.4) is 0 Å². The zero-order valence-corrected chi connectivity index (χ0v) is 14.9. The summed E-state index contributed by atoms with van der Waals surface area (Å²) in [6.45, 7) is 7.09. The van der Waals surface area contributed by atoms with Crippen molar-refractivity contribution in [2.75, 3.05) is 13.2 Å². The number of carbonyl (C=O) groups excluding carboxylic acids is 1. The van der Waals surface area contributed by atoms with E-state index in [0.29, 0.717) is 25.3 Å². The van der Waals surface area contributed by atoms with Crippen LogP contribution in [-0.4, -0.2) is 40.6 Å². The Bertz CT molecular complexity index is 744. The van der Waals surface area contributed by atoms with Gasteiger partial charge in [0.15, 0.2) is 0 Å². The van der Waals surface area contributed by atoms with E-state index >= 15 is 0 Å². The van der Waals surface area contributed by atoms with E-state index in [2.05, 4.69) is 4.98 Å². The van der Waals surface area contributed by atoms with Gasteiger partial charge in [0, 0.05) is 18.3 Å². The zero-order chi connectivity index (χ0) is 17.3. The first-order chi connectivity index (χ1) is 11.4. The SMILES string of the molecule is CC1N(C(=O)c2csc(Cc3cccc(F)c3)n2)CCOC1(C)C. The van der Waals surface area contributed by atoms with E-state index in [-0.39, 0.29) is 23.4 Å². The Balaban J connectivity index is 1.74. The van der Waals surface area contributed by atoms with Gasteiger partial charge in [0.25, 0.3) is 5.91 Å². The molecule has 1 atom stereocenters. The predicted octanol–water partition coefficient (Wildman–Crippen LogP) is 3.51. The second-order valence-electron chi connectivity index (χ2n) is 6.56. The summed E-state index contributed by atoms with van der Waals surface area (Å²) in [5.41, 5.74) is 0.939. The van der Waals surface area contributed by atoms with Gasteiger partial charge >= 0.3 is 0 Å². The molecule has 0 bridgehead atoms. The summed E-state index contributed by atoms with van der Waals surface area (Å²) >= 11 is 1.43. The number of rotatable bonds is 3. The van der Waals surface area contributed by atoms with Crippen LogP contribution >= 0.6 is 11.3 Å². The van der Waals surface area contributed by atoms with E-state index in [4.69, 9.17) is 4.74 Å². The Morgan fingerprint density at radius 3 is 3.04 bits per heavy atom. The van der Waals surface area contributed by atoms with Crippen molar-refractivity contribution in [1.29, 1.82) is 0 Å². The van der Waals surface area contributed by atoms with Crippen LogP contribution in [-0.2, 0) is 11.2 Å². The highest BCUT2D eigenvalue weighted by atomic mass is 32.1. The maximum Gasteiger partial charge on any atom is 0.273 e. The second kappa shape index (κ2) is 6.61. The van der Waals surface area contributed by atoms with E-state index in [1.165, 1.54) is 23.5 Å². The number of thiazole rings is 1. The van der Waals surface area contributed by atoms with Crippen molar-refractivity contribution >= 4 is 17.2 Å². The molecule has 6 heteroatoms. The maximum atomic E-state index is 13.3. The third-order valence-corrected chi connectivity index (χ3v) is 5.40. The molecule has 128 valence electrons. The number of ether oxygens (including phenoxy) is 1. The maximum absolute atomic E-state index is 13.3. The zero-order valence-electron chi connectivity index (χ0n) is 14.1. The van der Waals surface area contributed by atoms with Gasteiger partial charge in [-0.3, -0.25) is 4.79 Å².